The van der Waals surface area contributed by atoms with Crippen LogP contribution in [0.4, 0.5) is 0 Å². The van der Waals surface area contributed by atoms with Gasteiger partial charge < -0.3 is 14.5 Å². The molecule has 1 N–H and O–H groups in total. The minimum absolute atomic E-state index is 0.169. The summed E-state index contributed by atoms with van der Waals surface area (Å²) in [6, 6.07) is 7.98. The Morgan fingerprint density at radius 3 is 2.67 bits per heavy atom. The van der Waals surface area contributed by atoms with Crippen LogP contribution in [-0.4, -0.2) is 49.1 Å². The number of carbonyl (C=O) groups is 2. The summed E-state index contributed by atoms with van der Waals surface area (Å²) in [4.78, 5) is 30.3. The van der Waals surface area contributed by atoms with Crippen LogP contribution in [0.3, 0.4) is 0 Å². The molecule has 2 aromatic rings. The van der Waals surface area contributed by atoms with Crippen LogP contribution in [0, 0.1) is 11.8 Å². The number of hydrogen-bond donors (Lipinski definition) is 1. The van der Waals surface area contributed by atoms with Crippen molar-refractivity contribution in [3.05, 3.63) is 35.5 Å². The van der Waals surface area contributed by atoms with Crippen LogP contribution in [0.5, 0.6) is 0 Å². The summed E-state index contributed by atoms with van der Waals surface area (Å²) in [5, 5.41) is 1.19. The highest BCUT2D eigenvalue weighted by atomic mass is 16.5. The fourth-order valence-corrected chi connectivity index (χ4v) is 4.32. The third kappa shape index (κ3) is 2.06. The zero-order chi connectivity index (χ0) is 16.8. The van der Waals surface area contributed by atoms with Gasteiger partial charge in [-0.3, -0.25) is 14.5 Å². The molecular weight excluding hydrogens is 308 g/mol. The summed E-state index contributed by atoms with van der Waals surface area (Å²) < 4.78 is 9.94. The topological polar surface area (TPSA) is 71.6 Å². The number of nitrogens with one attached hydrogen (secondary N) is 1. The van der Waals surface area contributed by atoms with Gasteiger partial charge in [-0.2, -0.15) is 0 Å². The van der Waals surface area contributed by atoms with E-state index in [1.54, 1.807) is 0 Å². The smallest absolute Gasteiger partial charge is 0.311 e. The van der Waals surface area contributed by atoms with Crippen LogP contribution in [-0.2, 0) is 25.5 Å². The van der Waals surface area contributed by atoms with Crippen molar-refractivity contribution in [3.63, 3.8) is 0 Å². The fraction of sp³-hybridized carbons (Fsp3) is 0.444. The first-order chi connectivity index (χ1) is 11.7. The molecule has 1 fully saturated rings. The van der Waals surface area contributed by atoms with E-state index in [1.165, 1.54) is 25.2 Å². The summed E-state index contributed by atoms with van der Waals surface area (Å²) in [6.07, 6.45) is 0.900. The average molecular weight is 328 g/mol. The van der Waals surface area contributed by atoms with Crippen molar-refractivity contribution >= 4 is 22.8 Å². The second-order valence-electron chi connectivity index (χ2n) is 6.43. The van der Waals surface area contributed by atoms with Crippen LogP contribution in [0.1, 0.15) is 17.3 Å². The molecule has 1 aromatic carbocycles. The maximum Gasteiger partial charge on any atom is 0.311 e. The quantitative estimate of drug-likeness (QED) is 0.849. The van der Waals surface area contributed by atoms with E-state index < -0.39 is 11.8 Å². The first-order valence-corrected chi connectivity index (χ1v) is 8.15. The van der Waals surface area contributed by atoms with Crippen molar-refractivity contribution in [2.75, 3.05) is 27.3 Å². The number of para-hydroxylation sites is 1. The van der Waals surface area contributed by atoms with Gasteiger partial charge in [0.1, 0.15) is 0 Å². The van der Waals surface area contributed by atoms with Crippen molar-refractivity contribution in [2.24, 2.45) is 11.8 Å². The van der Waals surface area contributed by atoms with E-state index in [-0.39, 0.29) is 18.0 Å². The van der Waals surface area contributed by atoms with E-state index >= 15 is 0 Å². The van der Waals surface area contributed by atoms with Gasteiger partial charge in [-0.1, -0.05) is 18.2 Å². The molecule has 1 aromatic heterocycles. The monoisotopic (exact) mass is 328 g/mol. The van der Waals surface area contributed by atoms with Gasteiger partial charge in [0.25, 0.3) is 0 Å². The largest absolute Gasteiger partial charge is 0.469 e. The zero-order valence-electron chi connectivity index (χ0n) is 13.7. The van der Waals surface area contributed by atoms with Crippen molar-refractivity contribution in [1.29, 1.82) is 0 Å². The maximum absolute atomic E-state index is 12.5. The van der Waals surface area contributed by atoms with Gasteiger partial charge in [-0.25, -0.2) is 0 Å². The molecule has 0 unspecified atom stereocenters. The van der Waals surface area contributed by atoms with E-state index in [9.17, 15) is 9.59 Å². The standard InChI is InChI=1S/C18H20N2O4/c1-23-17(21)12-9-20-8-7-11-10-5-3-4-6-13(10)19-15(11)16(20)14(12)18(22)24-2/h3-6,12,14,16,19H,7-9H2,1-2H3/t12-,14-,16+/m0/s1. The van der Waals surface area contributed by atoms with Gasteiger partial charge in [0.05, 0.1) is 32.1 Å². The number of rotatable bonds is 2. The summed E-state index contributed by atoms with van der Waals surface area (Å²) in [5.41, 5.74) is 3.34. The summed E-state index contributed by atoms with van der Waals surface area (Å²) in [5.74, 6) is -1.75. The second kappa shape index (κ2) is 5.63. The van der Waals surface area contributed by atoms with E-state index in [0.717, 1.165) is 24.2 Å². The number of fused-ring (bicyclic) bond motifs is 5. The molecule has 0 spiro atoms. The Labute approximate surface area is 139 Å². The molecule has 3 atom stereocenters. The lowest BCUT2D eigenvalue weighted by Crippen LogP contribution is -2.35. The maximum atomic E-state index is 12.5. The number of ether oxygens (including phenoxy) is 2. The molecule has 6 nitrogen and oxygen atoms in total. The van der Waals surface area contributed by atoms with Crippen LogP contribution < -0.4 is 0 Å². The van der Waals surface area contributed by atoms with E-state index in [4.69, 9.17) is 9.47 Å². The Bertz CT molecular complexity index is 812. The predicted octanol–water partition coefficient (Wildman–Crippen LogP) is 1.66. The second-order valence-corrected chi connectivity index (χ2v) is 6.43. The number of nitrogens with zero attached hydrogens (tertiary/aromatic N) is 1. The molecule has 0 bridgehead atoms. The lowest BCUT2D eigenvalue weighted by Gasteiger charge is -2.31. The van der Waals surface area contributed by atoms with Crippen LogP contribution in [0.2, 0.25) is 0 Å². The number of methoxy groups -OCH3 is 2. The molecule has 0 aliphatic carbocycles. The number of aromatic amines is 1. The molecule has 0 amide bonds. The van der Waals surface area contributed by atoms with E-state index in [2.05, 4.69) is 16.0 Å². The number of esters is 2. The highest BCUT2D eigenvalue weighted by Crippen LogP contribution is 2.46. The molecule has 0 radical (unpaired) electrons. The van der Waals surface area contributed by atoms with Crippen molar-refractivity contribution in [2.45, 2.75) is 12.5 Å². The van der Waals surface area contributed by atoms with Gasteiger partial charge in [-0.15, -0.1) is 0 Å². The first-order valence-electron chi connectivity index (χ1n) is 8.15. The minimum atomic E-state index is -0.547. The Morgan fingerprint density at radius 2 is 1.92 bits per heavy atom. The molecular formula is C18H20N2O4. The van der Waals surface area contributed by atoms with Crippen molar-refractivity contribution in [3.8, 4) is 0 Å². The van der Waals surface area contributed by atoms with Crippen molar-refractivity contribution < 1.29 is 19.1 Å². The fourth-order valence-electron chi connectivity index (χ4n) is 4.32. The summed E-state index contributed by atoms with van der Waals surface area (Å²) >= 11 is 0. The molecule has 4 rings (SSSR count). The zero-order valence-corrected chi connectivity index (χ0v) is 13.7. The van der Waals surface area contributed by atoms with Crippen LogP contribution in [0.25, 0.3) is 10.9 Å². The van der Waals surface area contributed by atoms with Crippen LogP contribution in [0.15, 0.2) is 24.3 Å². The Morgan fingerprint density at radius 1 is 1.17 bits per heavy atom. The predicted molar refractivity (Wildman–Crippen MR) is 87.3 cm³/mol. The van der Waals surface area contributed by atoms with Gasteiger partial charge >= 0.3 is 11.9 Å². The third-order valence-electron chi connectivity index (χ3n) is 5.37. The highest BCUT2D eigenvalue weighted by molar-refractivity contribution is 5.87. The first kappa shape index (κ1) is 15.2. The number of hydrogen-bond acceptors (Lipinski definition) is 5. The molecule has 3 heterocycles. The van der Waals surface area contributed by atoms with Gasteiger partial charge in [-0.05, 0) is 18.1 Å². The number of H-pyrrole nitrogens is 1. The number of aromatic nitrogens is 1. The molecule has 126 valence electrons. The van der Waals surface area contributed by atoms with E-state index in [1.807, 2.05) is 18.2 Å². The third-order valence-corrected chi connectivity index (χ3v) is 5.37. The molecule has 2 aliphatic heterocycles. The average Bonchev–Trinajstić information content (AvgIpc) is 3.18. The summed E-state index contributed by atoms with van der Waals surface area (Å²) in [7, 11) is 2.73. The molecule has 1 saturated heterocycles. The molecule has 24 heavy (non-hydrogen) atoms. The highest BCUT2D eigenvalue weighted by Gasteiger charge is 2.53. The van der Waals surface area contributed by atoms with E-state index in [0.29, 0.717) is 6.54 Å². The van der Waals surface area contributed by atoms with Gasteiger partial charge in [0.2, 0.25) is 0 Å². The Balaban J connectivity index is 1.84. The molecule has 6 heteroatoms. The SMILES string of the molecule is COC(=O)[C@H]1[C@@H](C(=O)OC)CN2CCc3c([nH]c4ccccc34)[C@@H]12. The van der Waals surface area contributed by atoms with Crippen molar-refractivity contribution in [1.82, 2.24) is 9.88 Å². The molecule has 2 aliphatic rings. The lowest BCUT2D eigenvalue weighted by atomic mass is 9.86. The van der Waals surface area contributed by atoms with Gasteiger partial charge in [0, 0.05) is 29.7 Å². The Kier molecular flexibility index (Phi) is 3.57. The molecule has 0 saturated carbocycles. The van der Waals surface area contributed by atoms with Crippen LogP contribution >= 0.6 is 0 Å². The number of carbonyl (C=O) groups excluding carboxylic acids is 2. The lowest BCUT2D eigenvalue weighted by molar-refractivity contribution is -0.156. The Hall–Kier alpha value is -2.34. The summed E-state index contributed by atoms with van der Waals surface area (Å²) in [6.45, 7) is 1.34. The normalized spacial score (nSPS) is 26.0. The number of benzene rings is 1. The minimum Gasteiger partial charge on any atom is -0.469 e. The van der Waals surface area contributed by atoms with Gasteiger partial charge in [0.15, 0.2) is 0 Å².